The lowest BCUT2D eigenvalue weighted by Gasteiger charge is -2.06. The summed E-state index contributed by atoms with van der Waals surface area (Å²) in [6.07, 6.45) is 3.16. The minimum Gasteiger partial charge on any atom is -0.461 e. The number of furan rings is 1. The van der Waals surface area contributed by atoms with Crippen molar-refractivity contribution < 1.29 is 9.21 Å². The van der Waals surface area contributed by atoms with Crippen LogP contribution in [0.2, 0.25) is 0 Å². The zero-order valence-electron chi connectivity index (χ0n) is 11.8. The fraction of sp³-hybridized carbons (Fsp3) is 0.118. The van der Waals surface area contributed by atoms with Crippen LogP contribution in [-0.4, -0.2) is 16.0 Å². The number of hydrogen-bond donors (Lipinski definition) is 0. The first-order valence-corrected chi connectivity index (χ1v) is 6.66. The number of carbonyl (C=O) groups excluding carboxylic acids is 1. The second-order valence-corrected chi connectivity index (χ2v) is 4.83. The number of fused-ring (bicyclic) bond motifs is 1. The Bertz CT molecular complexity index is 847. The van der Waals surface area contributed by atoms with Gasteiger partial charge in [-0.1, -0.05) is 18.2 Å². The maximum absolute atomic E-state index is 11.2. The van der Waals surface area contributed by atoms with Crippen LogP contribution >= 0.6 is 0 Å². The molecule has 3 aromatic rings. The summed E-state index contributed by atoms with van der Waals surface area (Å²) >= 11 is 0. The lowest BCUT2D eigenvalue weighted by Crippen LogP contribution is -1.94. The highest BCUT2D eigenvalue weighted by Crippen LogP contribution is 2.31. The van der Waals surface area contributed by atoms with Gasteiger partial charge in [0.25, 0.3) is 0 Å². The monoisotopic (exact) mass is 278 g/mol. The average molecular weight is 278 g/mol. The Morgan fingerprint density at radius 3 is 2.67 bits per heavy atom. The molecular formula is C17H14N2O2. The summed E-state index contributed by atoms with van der Waals surface area (Å²) in [6, 6.07) is 11.6. The highest BCUT2D eigenvalue weighted by Gasteiger charge is 2.14. The standard InChI is InChI=1S/C17H14N2O2/c1-11(20)7-9-15-17(16-10-8-12(2)21-16)13-5-3-4-6-14(13)18-19-15/h3-10H,1-2H3/b9-7+. The normalized spacial score (nSPS) is 11.3. The van der Waals surface area contributed by atoms with Crippen molar-refractivity contribution in [1.29, 1.82) is 0 Å². The van der Waals surface area contributed by atoms with Crippen LogP contribution < -0.4 is 0 Å². The highest BCUT2D eigenvalue weighted by atomic mass is 16.3. The van der Waals surface area contributed by atoms with Crippen LogP contribution in [0.4, 0.5) is 0 Å². The number of hydrogen-bond acceptors (Lipinski definition) is 4. The van der Waals surface area contributed by atoms with E-state index in [2.05, 4.69) is 10.2 Å². The van der Waals surface area contributed by atoms with E-state index in [0.29, 0.717) is 5.69 Å². The molecule has 0 amide bonds. The van der Waals surface area contributed by atoms with Gasteiger partial charge in [0, 0.05) is 5.39 Å². The second kappa shape index (κ2) is 5.32. The molecule has 0 spiro atoms. The van der Waals surface area contributed by atoms with Crippen molar-refractivity contribution in [2.45, 2.75) is 13.8 Å². The SMILES string of the molecule is CC(=O)/C=C/c1nnc2ccccc2c1-c1ccc(C)o1. The van der Waals surface area contributed by atoms with Crippen molar-refractivity contribution in [3.63, 3.8) is 0 Å². The van der Waals surface area contributed by atoms with Crippen LogP contribution in [0.1, 0.15) is 18.4 Å². The first-order valence-electron chi connectivity index (χ1n) is 6.66. The number of carbonyl (C=O) groups is 1. The first kappa shape index (κ1) is 13.2. The van der Waals surface area contributed by atoms with Gasteiger partial charge >= 0.3 is 0 Å². The smallest absolute Gasteiger partial charge is 0.152 e. The van der Waals surface area contributed by atoms with E-state index in [0.717, 1.165) is 28.0 Å². The van der Waals surface area contributed by atoms with E-state index in [1.807, 2.05) is 43.3 Å². The quantitative estimate of drug-likeness (QED) is 0.684. The van der Waals surface area contributed by atoms with Crippen LogP contribution in [0.25, 0.3) is 28.3 Å². The summed E-state index contributed by atoms with van der Waals surface area (Å²) in [6.45, 7) is 3.40. The van der Waals surface area contributed by atoms with E-state index in [9.17, 15) is 4.79 Å². The highest BCUT2D eigenvalue weighted by molar-refractivity contribution is 5.98. The second-order valence-electron chi connectivity index (χ2n) is 4.83. The number of benzene rings is 1. The molecule has 0 aliphatic rings. The van der Waals surface area contributed by atoms with Crippen molar-refractivity contribution in [3.05, 3.63) is 53.9 Å². The van der Waals surface area contributed by atoms with Gasteiger partial charge in [-0.15, -0.1) is 10.2 Å². The summed E-state index contributed by atoms with van der Waals surface area (Å²) in [5, 5.41) is 9.36. The molecule has 0 saturated heterocycles. The van der Waals surface area contributed by atoms with Crippen LogP contribution in [-0.2, 0) is 4.79 Å². The van der Waals surface area contributed by atoms with Crippen LogP contribution in [0.5, 0.6) is 0 Å². The Morgan fingerprint density at radius 2 is 1.95 bits per heavy atom. The lowest BCUT2D eigenvalue weighted by atomic mass is 10.0. The van der Waals surface area contributed by atoms with Gasteiger partial charge in [-0.3, -0.25) is 4.79 Å². The van der Waals surface area contributed by atoms with Crippen molar-refractivity contribution >= 4 is 22.8 Å². The fourth-order valence-corrected chi connectivity index (χ4v) is 2.21. The predicted molar refractivity (Wildman–Crippen MR) is 81.7 cm³/mol. The van der Waals surface area contributed by atoms with E-state index in [1.54, 1.807) is 6.08 Å². The molecule has 4 nitrogen and oxygen atoms in total. The number of rotatable bonds is 3. The van der Waals surface area contributed by atoms with E-state index >= 15 is 0 Å². The summed E-state index contributed by atoms with van der Waals surface area (Å²) in [7, 11) is 0. The van der Waals surface area contributed by atoms with Crippen molar-refractivity contribution in [3.8, 4) is 11.3 Å². The Morgan fingerprint density at radius 1 is 1.14 bits per heavy atom. The third-order valence-corrected chi connectivity index (χ3v) is 3.16. The molecule has 0 fully saturated rings. The minimum atomic E-state index is -0.0356. The van der Waals surface area contributed by atoms with E-state index < -0.39 is 0 Å². The summed E-state index contributed by atoms with van der Waals surface area (Å²) in [5.74, 6) is 1.51. The Balaban J connectivity index is 2.30. The largest absolute Gasteiger partial charge is 0.461 e. The molecule has 0 N–H and O–H groups in total. The van der Waals surface area contributed by atoms with E-state index in [1.165, 1.54) is 13.0 Å². The molecule has 104 valence electrons. The molecule has 2 aromatic heterocycles. The molecule has 0 atom stereocenters. The fourth-order valence-electron chi connectivity index (χ4n) is 2.21. The molecule has 2 heterocycles. The van der Waals surface area contributed by atoms with Crippen LogP contribution in [0, 0.1) is 6.92 Å². The molecule has 3 rings (SSSR count). The lowest BCUT2D eigenvalue weighted by molar-refractivity contribution is -0.112. The van der Waals surface area contributed by atoms with Gasteiger partial charge in [-0.2, -0.15) is 0 Å². The Hall–Kier alpha value is -2.75. The molecule has 1 aromatic carbocycles. The number of allylic oxidation sites excluding steroid dienone is 1. The third-order valence-electron chi connectivity index (χ3n) is 3.16. The van der Waals surface area contributed by atoms with E-state index in [-0.39, 0.29) is 5.78 Å². The molecule has 0 aliphatic heterocycles. The van der Waals surface area contributed by atoms with Gasteiger partial charge in [0.2, 0.25) is 0 Å². The van der Waals surface area contributed by atoms with Crippen molar-refractivity contribution in [2.75, 3.05) is 0 Å². The van der Waals surface area contributed by atoms with Gasteiger partial charge in [-0.05, 0) is 44.2 Å². The Labute approximate surface area is 122 Å². The Kier molecular flexibility index (Phi) is 3.36. The number of aryl methyl sites for hydroxylation is 1. The summed E-state index contributed by atoms with van der Waals surface area (Å²) in [4.78, 5) is 11.2. The number of nitrogens with zero attached hydrogens (tertiary/aromatic N) is 2. The van der Waals surface area contributed by atoms with Gasteiger partial charge < -0.3 is 4.42 Å². The van der Waals surface area contributed by atoms with Gasteiger partial charge in [-0.25, -0.2) is 0 Å². The summed E-state index contributed by atoms with van der Waals surface area (Å²) < 4.78 is 5.74. The molecule has 0 radical (unpaired) electrons. The summed E-state index contributed by atoms with van der Waals surface area (Å²) in [5.41, 5.74) is 2.27. The number of ketones is 1. The maximum atomic E-state index is 11.2. The topological polar surface area (TPSA) is 56.0 Å². The van der Waals surface area contributed by atoms with Crippen molar-refractivity contribution in [2.24, 2.45) is 0 Å². The van der Waals surface area contributed by atoms with Crippen molar-refractivity contribution in [1.82, 2.24) is 10.2 Å². The zero-order chi connectivity index (χ0) is 14.8. The first-order chi connectivity index (χ1) is 10.1. The van der Waals surface area contributed by atoms with Gasteiger partial charge in [0.1, 0.15) is 11.5 Å². The molecule has 0 saturated carbocycles. The molecule has 0 unspecified atom stereocenters. The molecule has 21 heavy (non-hydrogen) atoms. The third kappa shape index (κ3) is 2.60. The molecule has 0 aliphatic carbocycles. The van der Waals surface area contributed by atoms with Crippen LogP contribution in [0.3, 0.4) is 0 Å². The van der Waals surface area contributed by atoms with E-state index in [4.69, 9.17) is 4.42 Å². The number of aromatic nitrogens is 2. The predicted octanol–water partition coefficient (Wildman–Crippen LogP) is 3.80. The minimum absolute atomic E-state index is 0.0356. The molecule has 4 heteroatoms. The average Bonchev–Trinajstić information content (AvgIpc) is 2.90. The molecular weight excluding hydrogens is 264 g/mol. The van der Waals surface area contributed by atoms with Crippen LogP contribution in [0.15, 0.2) is 46.9 Å². The zero-order valence-corrected chi connectivity index (χ0v) is 11.8. The maximum Gasteiger partial charge on any atom is 0.152 e. The van der Waals surface area contributed by atoms with Gasteiger partial charge in [0.05, 0.1) is 16.8 Å². The van der Waals surface area contributed by atoms with Gasteiger partial charge in [0.15, 0.2) is 5.78 Å². The molecule has 0 bridgehead atoms.